The molecule has 1 saturated heterocycles. The first kappa shape index (κ1) is 26.4. The topological polar surface area (TPSA) is 119 Å². The van der Waals surface area contributed by atoms with Gasteiger partial charge in [-0.1, -0.05) is 23.4 Å². The van der Waals surface area contributed by atoms with Gasteiger partial charge in [0.25, 0.3) is 11.4 Å². The van der Waals surface area contributed by atoms with Gasteiger partial charge in [-0.25, -0.2) is 9.31 Å². The molecule has 4 heterocycles. The normalized spacial score (nSPS) is 15.2. The molecule has 0 saturated carbocycles. The quantitative estimate of drug-likeness (QED) is 0.392. The summed E-state index contributed by atoms with van der Waals surface area (Å²) in [7, 11) is 0. The number of carbonyl (C=O) groups excluding carboxylic acids is 1. The van der Waals surface area contributed by atoms with Crippen LogP contribution >= 0.6 is 0 Å². The summed E-state index contributed by atoms with van der Waals surface area (Å²) in [5, 5.41) is 8.34. The smallest absolute Gasteiger partial charge is 0.416 e. The average molecular weight is 545 g/mol. The average Bonchev–Trinajstić information content (AvgIpc) is 3.49. The molecule has 0 spiro atoms. The molecule has 0 aliphatic carbocycles. The maximum absolute atomic E-state index is 13.0. The van der Waals surface area contributed by atoms with Crippen LogP contribution in [-0.2, 0) is 17.3 Å². The van der Waals surface area contributed by atoms with Crippen LogP contribution < -0.4 is 5.56 Å². The van der Waals surface area contributed by atoms with E-state index in [4.69, 9.17) is 9.26 Å². The molecule has 1 aliphatic heterocycles. The predicted octanol–water partition coefficient (Wildman–Crippen LogP) is 4.80. The van der Waals surface area contributed by atoms with Crippen LogP contribution in [-0.4, -0.2) is 54.4 Å². The van der Waals surface area contributed by atoms with Crippen molar-refractivity contribution in [1.29, 1.82) is 0 Å². The Kier molecular flexibility index (Phi) is 6.69. The van der Waals surface area contributed by atoms with E-state index < -0.39 is 17.3 Å². The molecule has 3 aromatic heterocycles. The van der Waals surface area contributed by atoms with Crippen LogP contribution in [0.3, 0.4) is 0 Å². The van der Waals surface area contributed by atoms with E-state index in [0.29, 0.717) is 48.4 Å². The number of amides is 1. The molecule has 0 bridgehead atoms. The van der Waals surface area contributed by atoms with Crippen LogP contribution in [0.4, 0.5) is 18.0 Å². The number of piperidine rings is 1. The number of H-pyrrole nitrogens is 1. The van der Waals surface area contributed by atoms with Crippen LogP contribution in [0, 0.1) is 0 Å². The Labute approximate surface area is 220 Å². The molecule has 10 nitrogen and oxygen atoms in total. The third kappa shape index (κ3) is 5.81. The SMILES string of the molecule is CC(C)(C)OC(=O)N1CCC(c2cc(=O)[nH]c3c(-c4nc(Cc5cccc(C(F)(F)F)c5)no4)cnn23)CC1. The van der Waals surface area contributed by atoms with Crippen molar-refractivity contribution in [1.82, 2.24) is 29.6 Å². The van der Waals surface area contributed by atoms with E-state index in [0.717, 1.165) is 12.1 Å². The predicted molar refractivity (Wildman–Crippen MR) is 133 cm³/mol. The van der Waals surface area contributed by atoms with Crippen molar-refractivity contribution in [2.75, 3.05) is 13.1 Å². The van der Waals surface area contributed by atoms with E-state index in [1.54, 1.807) is 15.5 Å². The van der Waals surface area contributed by atoms with Gasteiger partial charge in [0.15, 0.2) is 5.82 Å². The number of likely N-dealkylation sites (tertiary alicyclic amines) is 1. The van der Waals surface area contributed by atoms with E-state index in [-0.39, 0.29) is 35.7 Å². The number of hydrogen-bond acceptors (Lipinski definition) is 7. The van der Waals surface area contributed by atoms with Crippen LogP contribution in [0.15, 0.2) is 45.8 Å². The highest BCUT2D eigenvalue weighted by molar-refractivity contribution is 5.71. The fraction of sp³-hybridized carbons (Fsp3) is 0.423. The van der Waals surface area contributed by atoms with Crippen LogP contribution in [0.1, 0.15) is 62.2 Å². The lowest BCUT2D eigenvalue weighted by atomic mass is 9.93. The summed E-state index contributed by atoms with van der Waals surface area (Å²) in [5.74, 6) is 0.247. The molecule has 0 atom stereocenters. The minimum absolute atomic E-state index is 0.0274. The molecule has 1 N–H and O–H groups in total. The highest BCUT2D eigenvalue weighted by atomic mass is 19.4. The summed E-state index contributed by atoms with van der Waals surface area (Å²) >= 11 is 0. The van der Waals surface area contributed by atoms with Crippen molar-refractivity contribution in [3.8, 4) is 11.5 Å². The van der Waals surface area contributed by atoms with Gasteiger partial charge in [-0.05, 0) is 45.2 Å². The summed E-state index contributed by atoms with van der Waals surface area (Å²) < 4.78 is 51.6. The molecule has 13 heteroatoms. The van der Waals surface area contributed by atoms with Gasteiger partial charge in [-0.2, -0.15) is 23.3 Å². The fourth-order valence-electron chi connectivity index (χ4n) is 4.62. The van der Waals surface area contributed by atoms with Gasteiger partial charge in [-0.3, -0.25) is 4.79 Å². The number of ether oxygens (including phenoxy) is 1. The van der Waals surface area contributed by atoms with Crippen molar-refractivity contribution >= 4 is 11.7 Å². The maximum Gasteiger partial charge on any atom is 0.416 e. The van der Waals surface area contributed by atoms with Crippen molar-refractivity contribution in [2.24, 2.45) is 0 Å². The zero-order valence-corrected chi connectivity index (χ0v) is 21.6. The lowest BCUT2D eigenvalue weighted by Crippen LogP contribution is -2.41. The van der Waals surface area contributed by atoms with E-state index in [2.05, 4.69) is 20.2 Å². The monoisotopic (exact) mass is 544 g/mol. The van der Waals surface area contributed by atoms with Crippen molar-refractivity contribution in [2.45, 2.75) is 57.7 Å². The summed E-state index contributed by atoms with van der Waals surface area (Å²) in [6, 6.07) is 6.42. The number of aromatic amines is 1. The van der Waals surface area contributed by atoms with E-state index in [1.165, 1.54) is 18.3 Å². The minimum Gasteiger partial charge on any atom is -0.444 e. The van der Waals surface area contributed by atoms with Gasteiger partial charge < -0.3 is 19.1 Å². The van der Waals surface area contributed by atoms with Gasteiger partial charge in [-0.15, -0.1) is 0 Å². The highest BCUT2D eigenvalue weighted by Crippen LogP contribution is 2.31. The van der Waals surface area contributed by atoms with Gasteiger partial charge >= 0.3 is 12.3 Å². The molecule has 0 radical (unpaired) electrons. The molecule has 1 amide bonds. The number of rotatable bonds is 4. The molecule has 1 fully saturated rings. The second-order valence-corrected chi connectivity index (χ2v) is 10.5. The van der Waals surface area contributed by atoms with Crippen molar-refractivity contribution in [3.63, 3.8) is 0 Å². The largest absolute Gasteiger partial charge is 0.444 e. The molecule has 1 aliphatic rings. The van der Waals surface area contributed by atoms with Gasteiger partial charge in [0.2, 0.25) is 0 Å². The van der Waals surface area contributed by atoms with E-state index in [9.17, 15) is 22.8 Å². The molecule has 0 unspecified atom stereocenters. The van der Waals surface area contributed by atoms with Crippen molar-refractivity contribution in [3.05, 3.63) is 69.5 Å². The molecule has 4 aromatic rings. The number of nitrogens with zero attached hydrogens (tertiary/aromatic N) is 5. The Hall–Kier alpha value is -4.16. The summed E-state index contributed by atoms with van der Waals surface area (Å²) in [6.07, 6.45) is -2.05. The Morgan fingerprint density at radius 3 is 2.62 bits per heavy atom. The Morgan fingerprint density at radius 2 is 1.92 bits per heavy atom. The fourth-order valence-corrected chi connectivity index (χ4v) is 4.62. The number of halogens is 3. The number of benzene rings is 1. The summed E-state index contributed by atoms with van der Waals surface area (Å²) in [4.78, 5) is 33.7. The summed E-state index contributed by atoms with van der Waals surface area (Å²) in [5.41, 5.74) is 0.146. The number of aromatic nitrogens is 5. The van der Waals surface area contributed by atoms with Gasteiger partial charge in [0, 0.05) is 31.5 Å². The van der Waals surface area contributed by atoms with E-state index >= 15 is 0 Å². The minimum atomic E-state index is -4.45. The second kappa shape index (κ2) is 9.86. The van der Waals surface area contributed by atoms with Crippen LogP contribution in [0.2, 0.25) is 0 Å². The zero-order valence-electron chi connectivity index (χ0n) is 21.6. The van der Waals surface area contributed by atoms with E-state index in [1.807, 2.05) is 20.8 Å². The number of fused-ring (bicyclic) bond motifs is 1. The number of nitrogens with one attached hydrogen (secondary N) is 1. The molecular weight excluding hydrogens is 517 g/mol. The first-order valence-electron chi connectivity index (χ1n) is 12.5. The third-order valence-electron chi connectivity index (χ3n) is 6.41. The number of hydrogen-bond donors (Lipinski definition) is 1. The molecule has 206 valence electrons. The van der Waals surface area contributed by atoms with Gasteiger partial charge in [0.05, 0.1) is 17.5 Å². The van der Waals surface area contributed by atoms with Crippen LogP contribution in [0.25, 0.3) is 17.1 Å². The molecule has 5 rings (SSSR count). The Balaban J connectivity index is 1.36. The maximum atomic E-state index is 13.0. The number of alkyl halides is 3. The Bertz CT molecular complexity index is 1560. The second-order valence-electron chi connectivity index (χ2n) is 10.5. The number of carbonyl (C=O) groups is 1. The van der Waals surface area contributed by atoms with Crippen LogP contribution in [0.5, 0.6) is 0 Å². The van der Waals surface area contributed by atoms with Crippen molar-refractivity contribution < 1.29 is 27.2 Å². The molecular formula is C26H27F3N6O4. The zero-order chi connectivity index (χ0) is 27.9. The highest BCUT2D eigenvalue weighted by Gasteiger charge is 2.31. The Morgan fingerprint density at radius 1 is 1.18 bits per heavy atom. The lowest BCUT2D eigenvalue weighted by molar-refractivity contribution is -0.137. The molecule has 1 aromatic carbocycles. The standard InChI is InChI=1S/C26H27F3N6O4/c1-25(2,3)38-24(37)34-9-7-16(8-10-34)19-13-21(36)32-22-18(14-30-35(19)22)23-31-20(33-39-23)12-15-5-4-6-17(11-15)26(27,28)29/h4-6,11,13-14,16H,7-10,12H2,1-3H3,(H,32,36). The lowest BCUT2D eigenvalue weighted by Gasteiger charge is -2.33. The van der Waals surface area contributed by atoms with Gasteiger partial charge in [0.1, 0.15) is 16.8 Å². The first-order chi connectivity index (χ1) is 18.4. The summed E-state index contributed by atoms with van der Waals surface area (Å²) in [6.45, 7) is 6.40. The third-order valence-corrected chi connectivity index (χ3v) is 6.41. The molecule has 39 heavy (non-hydrogen) atoms. The first-order valence-corrected chi connectivity index (χ1v) is 12.5.